The second-order valence-electron chi connectivity index (χ2n) is 3.72. The maximum Gasteiger partial charge on any atom is 0.336 e. The Balaban J connectivity index is 3.85. The maximum absolute atomic E-state index is 11.4. The average molecular weight is 264 g/mol. The van der Waals surface area contributed by atoms with E-state index in [0.29, 0.717) is 6.61 Å². The first-order chi connectivity index (χ1) is 7.97. The molecule has 0 unspecified atom stereocenters. The minimum atomic E-state index is -0.605. The SMILES string of the molecule is CC(=COC(=O)CCl)C(=O)OCCCN(C)C. The summed E-state index contributed by atoms with van der Waals surface area (Å²) in [5.41, 5.74) is 0.230. The molecule has 5 nitrogen and oxygen atoms in total. The van der Waals surface area contributed by atoms with Crippen LogP contribution in [0, 0.1) is 0 Å². The Morgan fingerprint density at radius 2 is 2.00 bits per heavy atom. The van der Waals surface area contributed by atoms with E-state index in [4.69, 9.17) is 16.3 Å². The molecule has 0 N–H and O–H groups in total. The van der Waals surface area contributed by atoms with Gasteiger partial charge < -0.3 is 14.4 Å². The summed E-state index contributed by atoms with van der Waals surface area (Å²) in [4.78, 5) is 24.1. The van der Waals surface area contributed by atoms with Crippen LogP contribution >= 0.6 is 11.6 Å². The topological polar surface area (TPSA) is 55.8 Å². The van der Waals surface area contributed by atoms with Crippen molar-refractivity contribution >= 4 is 23.5 Å². The molecule has 0 spiro atoms. The molecule has 0 saturated heterocycles. The van der Waals surface area contributed by atoms with Gasteiger partial charge in [0.15, 0.2) is 0 Å². The van der Waals surface area contributed by atoms with Gasteiger partial charge in [-0.2, -0.15) is 0 Å². The molecule has 0 aromatic carbocycles. The van der Waals surface area contributed by atoms with Crippen molar-refractivity contribution in [1.82, 2.24) is 4.90 Å². The van der Waals surface area contributed by atoms with Gasteiger partial charge in [0, 0.05) is 6.54 Å². The van der Waals surface area contributed by atoms with Gasteiger partial charge in [-0.3, -0.25) is 4.79 Å². The van der Waals surface area contributed by atoms with Gasteiger partial charge in [-0.1, -0.05) is 0 Å². The molecule has 0 radical (unpaired) electrons. The van der Waals surface area contributed by atoms with Crippen LogP contribution in [-0.4, -0.2) is 50.0 Å². The highest BCUT2D eigenvalue weighted by Crippen LogP contribution is 1.99. The number of alkyl halides is 1. The summed E-state index contributed by atoms with van der Waals surface area (Å²) in [5, 5.41) is 0. The molecular formula is C11H18ClNO4. The summed E-state index contributed by atoms with van der Waals surface area (Å²) in [5.74, 6) is -1.35. The predicted molar refractivity (Wildman–Crippen MR) is 64.7 cm³/mol. The first kappa shape index (κ1) is 15.9. The quantitative estimate of drug-likeness (QED) is 0.227. The van der Waals surface area contributed by atoms with E-state index in [0.717, 1.165) is 19.2 Å². The third kappa shape index (κ3) is 8.71. The van der Waals surface area contributed by atoms with Crippen LogP contribution in [-0.2, 0) is 19.1 Å². The molecule has 0 aliphatic heterocycles. The van der Waals surface area contributed by atoms with Crippen LogP contribution in [0.3, 0.4) is 0 Å². The van der Waals surface area contributed by atoms with E-state index in [9.17, 15) is 9.59 Å². The van der Waals surface area contributed by atoms with Crippen LogP contribution in [0.15, 0.2) is 11.8 Å². The predicted octanol–water partition coefficient (Wildman–Crippen LogP) is 1.17. The first-order valence-corrected chi connectivity index (χ1v) is 5.75. The molecule has 6 heteroatoms. The zero-order valence-electron chi connectivity index (χ0n) is 10.4. The molecule has 0 amide bonds. The van der Waals surface area contributed by atoms with E-state index < -0.39 is 11.9 Å². The fourth-order valence-corrected chi connectivity index (χ4v) is 0.956. The van der Waals surface area contributed by atoms with Crippen molar-refractivity contribution in [2.24, 2.45) is 0 Å². The minimum absolute atomic E-state index is 0.230. The number of esters is 2. The summed E-state index contributed by atoms with van der Waals surface area (Å²) in [6, 6.07) is 0. The number of carbonyl (C=O) groups excluding carboxylic acids is 2. The van der Waals surface area contributed by atoms with Crippen molar-refractivity contribution in [2.75, 3.05) is 33.1 Å². The molecule has 0 aromatic rings. The number of carbonyl (C=O) groups is 2. The molecule has 0 aliphatic rings. The number of hydrogen-bond donors (Lipinski definition) is 0. The van der Waals surface area contributed by atoms with Crippen molar-refractivity contribution in [1.29, 1.82) is 0 Å². The van der Waals surface area contributed by atoms with Crippen LogP contribution in [0.2, 0.25) is 0 Å². The van der Waals surface area contributed by atoms with Gasteiger partial charge in [0.05, 0.1) is 12.2 Å². The standard InChI is InChI=1S/C11H18ClNO4/c1-9(8-17-10(14)7-12)11(15)16-6-4-5-13(2)3/h8H,4-7H2,1-3H3. The van der Waals surface area contributed by atoms with Crippen molar-refractivity contribution in [3.63, 3.8) is 0 Å². The summed E-state index contributed by atoms with van der Waals surface area (Å²) in [6.07, 6.45) is 1.81. The molecule has 98 valence electrons. The number of halogens is 1. The summed E-state index contributed by atoms with van der Waals surface area (Å²) < 4.78 is 9.54. The smallest absolute Gasteiger partial charge is 0.336 e. The second-order valence-corrected chi connectivity index (χ2v) is 3.98. The highest BCUT2D eigenvalue weighted by molar-refractivity contribution is 6.26. The molecule has 0 rings (SSSR count). The summed E-state index contributed by atoms with van der Waals surface area (Å²) >= 11 is 5.22. The van der Waals surface area contributed by atoms with Crippen molar-refractivity contribution in [3.8, 4) is 0 Å². The Morgan fingerprint density at radius 1 is 1.35 bits per heavy atom. The minimum Gasteiger partial charge on any atom is -0.462 e. The Labute approximate surface area is 106 Å². The van der Waals surface area contributed by atoms with E-state index in [1.54, 1.807) is 0 Å². The Morgan fingerprint density at radius 3 is 2.53 bits per heavy atom. The van der Waals surface area contributed by atoms with Gasteiger partial charge in [0.1, 0.15) is 12.1 Å². The van der Waals surface area contributed by atoms with Crippen LogP contribution < -0.4 is 0 Å². The average Bonchev–Trinajstić information content (AvgIpc) is 2.30. The zero-order chi connectivity index (χ0) is 13.3. The lowest BCUT2D eigenvalue weighted by Gasteiger charge is -2.09. The van der Waals surface area contributed by atoms with Crippen molar-refractivity contribution in [2.45, 2.75) is 13.3 Å². The van der Waals surface area contributed by atoms with Crippen molar-refractivity contribution < 1.29 is 19.1 Å². The lowest BCUT2D eigenvalue weighted by molar-refractivity contribution is -0.139. The van der Waals surface area contributed by atoms with Crippen LogP contribution in [0.1, 0.15) is 13.3 Å². The lowest BCUT2D eigenvalue weighted by Crippen LogP contribution is -2.16. The van der Waals surface area contributed by atoms with Gasteiger partial charge in [-0.05, 0) is 27.4 Å². The van der Waals surface area contributed by atoms with Crippen LogP contribution in [0.25, 0.3) is 0 Å². The molecule has 0 fully saturated rings. The maximum atomic E-state index is 11.4. The number of rotatable bonds is 7. The Kier molecular flexibility index (Phi) is 8.44. The van der Waals surface area contributed by atoms with Crippen LogP contribution in [0.5, 0.6) is 0 Å². The molecule has 0 atom stereocenters. The van der Waals surface area contributed by atoms with Gasteiger partial charge in [0.25, 0.3) is 0 Å². The third-order valence-electron chi connectivity index (χ3n) is 1.78. The molecule has 0 heterocycles. The second kappa shape index (κ2) is 9.01. The van der Waals surface area contributed by atoms with Gasteiger partial charge in [-0.25, -0.2) is 4.79 Å². The third-order valence-corrected chi connectivity index (χ3v) is 2.00. The highest BCUT2D eigenvalue weighted by Gasteiger charge is 2.07. The molecular weight excluding hydrogens is 246 g/mol. The van der Waals surface area contributed by atoms with E-state index in [-0.39, 0.29) is 11.5 Å². The number of ether oxygens (including phenoxy) is 2. The fourth-order valence-electron chi connectivity index (χ4n) is 0.893. The summed E-state index contributed by atoms with van der Waals surface area (Å²) in [6.45, 7) is 2.69. The first-order valence-electron chi connectivity index (χ1n) is 5.21. The Bertz CT molecular complexity index is 289. The normalized spacial score (nSPS) is 11.5. The van der Waals surface area contributed by atoms with Crippen molar-refractivity contribution in [3.05, 3.63) is 11.8 Å². The number of hydrogen-bond acceptors (Lipinski definition) is 5. The van der Waals surface area contributed by atoms with E-state index in [1.807, 2.05) is 19.0 Å². The molecule has 0 aromatic heterocycles. The lowest BCUT2D eigenvalue weighted by atomic mass is 10.3. The largest absolute Gasteiger partial charge is 0.462 e. The molecule has 0 bridgehead atoms. The highest BCUT2D eigenvalue weighted by atomic mass is 35.5. The zero-order valence-corrected chi connectivity index (χ0v) is 11.1. The monoisotopic (exact) mass is 263 g/mol. The van der Waals surface area contributed by atoms with Crippen LogP contribution in [0.4, 0.5) is 0 Å². The van der Waals surface area contributed by atoms with E-state index in [2.05, 4.69) is 4.74 Å². The van der Waals surface area contributed by atoms with Gasteiger partial charge in [0.2, 0.25) is 0 Å². The summed E-state index contributed by atoms with van der Waals surface area (Å²) in [7, 11) is 3.89. The van der Waals surface area contributed by atoms with E-state index in [1.165, 1.54) is 6.92 Å². The molecule has 0 aliphatic carbocycles. The number of nitrogens with zero attached hydrogens (tertiary/aromatic N) is 1. The fraction of sp³-hybridized carbons (Fsp3) is 0.636. The Hall–Kier alpha value is -1.07. The molecule has 0 saturated carbocycles. The molecule has 17 heavy (non-hydrogen) atoms. The van der Waals surface area contributed by atoms with Gasteiger partial charge in [-0.15, -0.1) is 11.6 Å². The van der Waals surface area contributed by atoms with E-state index >= 15 is 0 Å². The van der Waals surface area contributed by atoms with Gasteiger partial charge >= 0.3 is 11.9 Å².